The summed E-state index contributed by atoms with van der Waals surface area (Å²) in [5.41, 5.74) is 1.65. The van der Waals surface area contributed by atoms with Gasteiger partial charge in [-0.3, -0.25) is 0 Å². The molecule has 2 unspecified atom stereocenters. The molecule has 1 aliphatic rings. The summed E-state index contributed by atoms with van der Waals surface area (Å²) in [5.74, 6) is 0. The smallest absolute Gasteiger partial charge is 0.410 e. The van der Waals surface area contributed by atoms with E-state index in [4.69, 9.17) is 4.74 Å². The Kier molecular flexibility index (Phi) is 6.72. The zero-order valence-electron chi connectivity index (χ0n) is 15.9. The molecule has 6 heteroatoms. The summed E-state index contributed by atoms with van der Waals surface area (Å²) in [4.78, 5) is 18.8. The van der Waals surface area contributed by atoms with Crippen LogP contribution in [0.25, 0.3) is 0 Å². The number of amides is 1. The lowest BCUT2D eigenvalue weighted by atomic mass is 9.96. The van der Waals surface area contributed by atoms with Gasteiger partial charge in [-0.2, -0.15) is 0 Å². The Morgan fingerprint density at radius 3 is 2.84 bits per heavy atom. The van der Waals surface area contributed by atoms with E-state index in [-0.39, 0.29) is 18.2 Å². The highest BCUT2D eigenvalue weighted by Gasteiger charge is 2.31. The third-order valence-electron chi connectivity index (χ3n) is 4.31. The fourth-order valence-electron chi connectivity index (χ4n) is 3.20. The van der Waals surface area contributed by atoms with Gasteiger partial charge in [-0.25, -0.2) is 9.78 Å². The minimum absolute atomic E-state index is 0.189. The molecule has 0 saturated carbocycles. The van der Waals surface area contributed by atoms with Crippen LogP contribution in [0.15, 0.2) is 16.9 Å². The van der Waals surface area contributed by atoms with Gasteiger partial charge < -0.3 is 15.0 Å². The molecule has 2 atom stereocenters. The highest BCUT2D eigenvalue weighted by atomic mass is 79.9. The Morgan fingerprint density at radius 1 is 1.48 bits per heavy atom. The molecule has 1 N–H and O–H groups in total. The quantitative estimate of drug-likeness (QED) is 0.697. The molecule has 2 heterocycles. The predicted molar refractivity (Wildman–Crippen MR) is 105 cm³/mol. The topological polar surface area (TPSA) is 54.5 Å². The molecular weight excluding hydrogens is 382 g/mol. The van der Waals surface area contributed by atoms with Crippen molar-refractivity contribution in [3.05, 3.63) is 22.4 Å². The Bertz CT molecular complexity index is 601. The van der Waals surface area contributed by atoms with Gasteiger partial charge in [0.25, 0.3) is 0 Å². The van der Waals surface area contributed by atoms with Gasteiger partial charge in [0.05, 0.1) is 11.9 Å². The van der Waals surface area contributed by atoms with Gasteiger partial charge in [0.2, 0.25) is 0 Å². The zero-order chi connectivity index (χ0) is 18.6. The molecule has 1 aromatic rings. The second-order valence-corrected chi connectivity index (χ2v) is 8.69. The van der Waals surface area contributed by atoms with E-state index in [1.807, 2.05) is 38.8 Å². The number of hydrogen-bond acceptors (Lipinski definition) is 4. The lowest BCUT2D eigenvalue weighted by Crippen LogP contribution is -2.47. The van der Waals surface area contributed by atoms with Crippen LogP contribution in [-0.4, -0.2) is 40.2 Å². The summed E-state index contributed by atoms with van der Waals surface area (Å²) in [7, 11) is 0. The van der Waals surface area contributed by atoms with Crippen LogP contribution in [0.2, 0.25) is 0 Å². The van der Waals surface area contributed by atoms with Crippen molar-refractivity contribution >= 4 is 27.7 Å². The normalized spacial score (nSPS) is 19.4. The zero-order valence-corrected chi connectivity index (χ0v) is 17.5. The molecule has 0 aromatic carbocycles. The fourth-order valence-corrected chi connectivity index (χ4v) is 3.41. The molecule has 25 heavy (non-hydrogen) atoms. The number of nitrogens with zero attached hydrogens (tertiary/aromatic N) is 2. The molecule has 1 saturated heterocycles. The van der Waals surface area contributed by atoms with Crippen LogP contribution in [-0.2, 0) is 4.74 Å². The maximum absolute atomic E-state index is 12.5. The average molecular weight is 412 g/mol. The van der Waals surface area contributed by atoms with E-state index in [1.54, 1.807) is 0 Å². The number of piperidine rings is 1. The first-order valence-corrected chi connectivity index (χ1v) is 9.83. The summed E-state index contributed by atoms with van der Waals surface area (Å²) in [5, 5.41) is 3.50. The second kappa shape index (κ2) is 8.39. The summed E-state index contributed by atoms with van der Waals surface area (Å²) in [6.07, 6.45) is 5.78. The molecule has 1 aromatic heterocycles. The molecule has 0 bridgehead atoms. The van der Waals surface area contributed by atoms with E-state index in [1.165, 1.54) is 0 Å². The fraction of sp³-hybridized carbons (Fsp3) is 0.684. The number of aryl methyl sites for hydroxylation is 1. The summed E-state index contributed by atoms with van der Waals surface area (Å²) in [6.45, 7) is 10.7. The number of aromatic nitrogens is 1. The number of likely N-dealkylation sites (tertiary alicyclic amines) is 1. The molecule has 0 spiro atoms. The van der Waals surface area contributed by atoms with Crippen molar-refractivity contribution in [1.82, 2.24) is 9.88 Å². The Labute approximate surface area is 159 Å². The third-order valence-corrected chi connectivity index (χ3v) is 5.14. The largest absolute Gasteiger partial charge is 0.444 e. The predicted octanol–water partition coefficient (Wildman–Crippen LogP) is 5.13. The summed E-state index contributed by atoms with van der Waals surface area (Å²) in [6, 6.07) is 2.55. The van der Waals surface area contributed by atoms with E-state index in [9.17, 15) is 4.79 Å². The van der Waals surface area contributed by atoms with Gasteiger partial charge in [-0.1, -0.05) is 0 Å². The number of ether oxygens (including phenoxy) is 1. The van der Waals surface area contributed by atoms with Crippen LogP contribution in [0.5, 0.6) is 0 Å². The van der Waals surface area contributed by atoms with Gasteiger partial charge in [-0.15, -0.1) is 0 Å². The SMILES string of the molecule is Cc1cc(NC(C)CC2CCCCN2C(=O)OC(C)(C)C)cnc1Br. The molecule has 1 aliphatic heterocycles. The second-order valence-electron chi connectivity index (χ2n) is 7.94. The molecule has 2 rings (SSSR count). The van der Waals surface area contributed by atoms with Gasteiger partial charge in [-0.05, 0) is 87.9 Å². The molecule has 140 valence electrons. The van der Waals surface area contributed by atoms with Crippen molar-refractivity contribution in [2.45, 2.75) is 78.0 Å². The maximum Gasteiger partial charge on any atom is 0.410 e. The first-order valence-electron chi connectivity index (χ1n) is 9.04. The number of anilines is 1. The number of nitrogens with one attached hydrogen (secondary N) is 1. The van der Waals surface area contributed by atoms with E-state index in [2.05, 4.69) is 39.2 Å². The van der Waals surface area contributed by atoms with Gasteiger partial charge >= 0.3 is 6.09 Å². The number of hydrogen-bond donors (Lipinski definition) is 1. The third kappa shape index (κ3) is 6.17. The van der Waals surface area contributed by atoms with Crippen LogP contribution in [0.4, 0.5) is 10.5 Å². The number of pyridine rings is 1. The summed E-state index contributed by atoms with van der Waals surface area (Å²) < 4.78 is 6.46. The molecule has 5 nitrogen and oxygen atoms in total. The van der Waals surface area contributed by atoms with Crippen LogP contribution in [0, 0.1) is 6.92 Å². The lowest BCUT2D eigenvalue weighted by Gasteiger charge is -2.38. The molecule has 0 radical (unpaired) electrons. The maximum atomic E-state index is 12.5. The van der Waals surface area contributed by atoms with Crippen molar-refractivity contribution in [2.24, 2.45) is 0 Å². The van der Waals surface area contributed by atoms with Crippen LogP contribution in [0.3, 0.4) is 0 Å². The minimum atomic E-state index is -0.455. The summed E-state index contributed by atoms with van der Waals surface area (Å²) >= 11 is 3.43. The van der Waals surface area contributed by atoms with Crippen molar-refractivity contribution in [3.8, 4) is 0 Å². The average Bonchev–Trinajstić information content (AvgIpc) is 2.49. The molecule has 1 fully saturated rings. The van der Waals surface area contributed by atoms with Crippen LogP contribution < -0.4 is 5.32 Å². The number of halogens is 1. The van der Waals surface area contributed by atoms with Crippen molar-refractivity contribution in [3.63, 3.8) is 0 Å². The highest BCUT2D eigenvalue weighted by molar-refractivity contribution is 9.10. The van der Waals surface area contributed by atoms with Gasteiger partial charge in [0.1, 0.15) is 10.2 Å². The number of carbonyl (C=O) groups excluding carboxylic acids is 1. The molecular formula is C19H30BrN3O2. The van der Waals surface area contributed by atoms with E-state index >= 15 is 0 Å². The Balaban J connectivity index is 1.97. The number of carbonyl (C=O) groups is 1. The monoisotopic (exact) mass is 411 g/mol. The first-order chi connectivity index (χ1) is 11.7. The lowest BCUT2D eigenvalue weighted by molar-refractivity contribution is 0.00852. The van der Waals surface area contributed by atoms with E-state index in [0.717, 1.165) is 48.1 Å². The molecule has 1 amide bonds. The minimum Gasteiger partial charge on any atom is -0.444 e. The first kappa shape index (κ1) is 20.0. The van der Waals surface area contributed by atoms with Crippen molar-refractivity contribution in [1.29, 1.82) is 0 Å². The van der Waals surface area contributed by atoms with Gasteiger partial charge in [0.15, 0.2) is 0 Å². The van der Waals surface area contributed by atoms with Crippen LogP contribution in [0.1, 0.15) is 58.9 Å². The van der Waals surface area contributed by atoms with Crippen LogP contribution >= 0.6 is 15.9 Å². The highest BCUT2D eigenvalue weighted by Crippen LogP contribution is 2.25. The standard InChI is InChI=1S/C19H30BrN3O2/c1-13-10-15(12-21-17(13)20)22-14(2)11-16-8-6-7-9-23(16)18(24)25-19(3,4)5/h10,12,14,16,22H,6-9,11H2,1-5H3. The Morgan fingerprint density at radius 2 is 2.20 bits per heavy atom. The van der Waals surface area contributed by atoms with Crippen molar-refractivity contribution in [2.75, 3.05) is 11.9 Å². The Hall–Kier alpha value is -1.30. The van der Waals surface area contributed by atoms with Gasteiger partial charge in [0, 0.05) is 18.6 Å². The van der Waals surface area contributed by atoms with E-state index < -0.39 is 5.60 Å². The van der Waals surface area contributed by atoms with E-state index in [0.29, 0.717) is 0 Å². The van der Waals surface area contributed by atoms with Crippen molar-refractivity contribution < 1.29 is 9.53 Å². The molecule has 0 aliphatic carbocycles. The number of rotatable bonds is 4.